The van der Waals surface area contributed by atoms with Crippen LogP contribution in [0.25, 0.3) is 0 Å². The Morgan fingerprint density at radius 2 is 2.16 bits per heavy atom. The van der Waals surface area contributed by atoms with Crippen LogP contribution in [0, 0.1) is 0 Å². The van der Waals surface area contributed by atoms with Crippen LogP contribution in [0.3, 0.4) is 0 Å². The van der Waals surface area contributed by atoms with Crippen LogP contribution in [-0.2, 0) is 23.1 Å². The number of likely N-dealkylation sites (tertiary alicyclic amines) is 1. The van der Waals surface area contributed by atoms with E-state index in [1.54, 1.807) is 16.0 Å². The van der Waals surface area contributed by atoms with Crippen molar-refractivity contribution in [1.29, 1.82) is 0 Å². The molecule has 9 heteroatoms. The molecule has 2 unspecified atom stereocenters. The SMILES string of the molecule is Cn1ccnc1CN1C(=O)COC2CN(C(=O)c3cnccn3)CC21. The number of rotatable bonds is 3. The Balaban J connectivity index is 1.53. The monoisotopic (exact) mass is 342 g/mol. The minimum atomic E-state index is -0.199. The first kappa shape index (κ1) is 15.7. The molecule has 9 nitrogen and oxygen atoms in total. The summed E-state index contributed by atoms with van der Waals surface area (Å²) in [6, 6.07) is -0.182. The van der Waals surface area contributed by atoms with E-state index in [1.807, 2.05) is 17.8 Å². The van der Waals surface area contributed by atoms with Crippen molar-refractivity contribution in [2.75, 3.05) is 19.7 Å². The number of fused-ring (bicyclic) bond motifs is 1. The molecule has 2 aromatic heterocycles. The van der Waals surface area contributed by atoms with Gasteiger partial charge in [-0.05, 0) is 0 Å². The Hall–Kier alpha value is -2.81. The van der Waals surface area contributed by atoms with Gasteiger partial charge in [0.1, 0.15) is 18.1 Å². The molecular formula is C16H18N6O3. The number of hydrogen-bond donors (Lipinski definition) is 0. The van der Waals surface area contributed by atoms with E-state index in [1.165, 1.54) is 18.6 Å². The predicted molar refractivity (Wildman–Crippen MR) is 85.2 cm³/mol. The molecule has 2 saturated heterocycles. The number of ether oxygens (including phenoxy) is 1. The van der Waals surface area contributed by atoms with E-state index in [9.17, 15) is 9.59 Å². The molecule has 4 heterocycles. The van der Waals surface area contributed by atoms with Gasteiger partial charge >= 0.3 is 0 Å². The van der Waals surface area contributed by atoms with E-state index >= 15 is 0 Å². The number of carbonyl (C=O) groups is 2. The number of morpholine rings is 1. The van der Waals surface area contributed by atoms with Crippen LogP contribution in [0.4, 0.5) is 0 Å². The van der Waals surface area contributed by atoms with Crippen molar-refractivity contribution in [1.82, 2.24) is 29.3 Å². The average molecular weight is 342 g/mol. The van der Waals surface area contributed by atoms with Crippen LogP contribution in [-0.4, -0.2) is 73.0 Å². The highest BCUT2D eigenvalue weighted by Gasteiger charge is 2.45. The Kier molecular flexibility index (Phi) is 3.92. The molecule has 0 N–H and O–H groups in total. The first-order valence-corrected chi connectivity index (χ1v) is 8.06. The van der Waals surface area contributed by atoms with Gasteiger partial charge in [-0.1, -0.05) is 0 Å². The van der Waals surface area contributed by atoms with Gasteiger partial charge in [-0.25, -0.2) is 9.97 Å². The zero-order valence-electron chi connectivity index (χ0n) is 13.8. The fraction of sp³-hybridized carbons (Fsp3) is 0.438. The highest BCUT2D eigenvalue weighted by Crippen LogP contribution is 2.25. The van der Waals surface area contributed by atoms with Crippen LogP contribution in [0.5, 0.6) is 0 Å². The van der Waals surface area contributed by atoms with Crippen LogP contribution in [0.15, 0.2) is 31.0 Å². The van der Waals surface area contributed by atoms with Crippen molar-refractivity contribution in [3.8, 4) is 0 Å². The first-order chi connectivity index (χ1) is 12.1. The van der Waals surface area contributed by atoms with Gasteiger partial charge in [0, 0.05) is 44.9 Å². The van der Waals surface area contributed by atoms with Gasteiger partial charge in [-0.2, -0.15) is 0 Å². The molecule has 0 aromatic carbocycles. The standard InChI is InChI=1S/C16H18N6O3/c1-20-5-4-19-14(20)9-22-12-7-21(8-13(12)25-10-15(22)23)16(24)11-6-17-2-3-18-11/h2-6,12-13H,7-10H2,1H3. The third-order valence-electron chi connectivity index (χ3n) is 4.68. The first-order valence-electron chi connectivity index (χ1n) is 8.06. The Bertz CT molecular complexity index is 792. The fourth-order valence-electron chi connectivity index (χ4n) is 3.31. The number of aryl methyl sites for hydroxylation is 1. The van der Waals surface area contributed by atoms with Gasteiger partial charge in [-0.15, -0.1) is 0 Å². The van der Waals surface area contributed by atoms with Gasteiger partial charge in [0.25, 0.3) is 5.91 Å². The van der Waals surface area contributed by atoms with Crippen molar-refractivity contribution < 1.29 is 14.3 Å². The number of aromatic nitrogens is 4. The molecular weight excluding hydrogens is 324 g/mol. The lowest BCUT2D eigenvalue weighted by atomic mass is 10.1. The molecule has 2 aliphatic rings. The Morgan fingerprint density at radius 3 is 2.88 bits per heavy atom. The van der Waals surface area contributed by atoms with Gasteiger partial charge < -0.3 is 19.1 Å². The fourth-order valence-corrected chi connectivity index (χ4v) is 3.31. The van der Waals surface area contributed by atoms with Gasteiger partial charge in [-0.3, -0.25) is 14.6 Å². The van der Waals surface area contributed by atoms with Gasteiger partial charge in [0.2, 0.25) is 5.91 Å². The molecule has 0 aliphatic carbocycles. The van der Waals surface area contributed by atoms with E-state index in [-0.39, 0.29) is 30.6 Å². The molecule has 25 heavy (non-hydrogen) atoms. The molecule has 0 saturated carbocycles. The Morgan fingerprint density at radius 1 is 1.28 bits per heavy atom. The maximum absolute atomic E-state index is 12.6. The molecule has 4 rings (SSSR count). The van der Waals surface area contributed by atoms with E-state index in [2.05, 4.69) is 15.0 Å². The second-order valence-electron chi connectivity index (χ2n) is 6.19. The molecule has 0 radical (unpaired) electrons. The smallest absolute Gasteiger partial charge is 0.274 e. The van der Waals surface area contributed by atoms with Crippen molar-refractivity contribution >= 4 is 11.8 Å². The molecule has 2 fully saturated rings. The molecule has 2 aromatic rings. The lowest BCUT2D eigenvalue weighted by Crippen LogP contribution is -2.53. The van der Waals surface area contributed by atoms with Gasteiger partial charge in [0.15, 0.2) is 0 Å². The van der Waals surface area contributed by atoms with Crippen LogP contribution in [0.2, 0.25) is 0 Å². The lowest BCUT2D eigenvalue weighted by Gasteiger charge is -2.36. The van der Waals surface area contributed by atoms with E-state index < -0.39 is 0 Å². The normalized spacial score (nSPS) is 23.0. The van der Waals surface area contributed by atoms with Crippen molar-refractivity contribution in [2.45, 2.75) is 18.7 Å². The number of imidazole rings is 1. The number of hydrogen-bond acceptors (Lipinski definition) is 6. The van der Waals surface area contributed by atoms with Crippen molar-refractivity contribution in [3.63, 3.8) is 0 Å². The summed E-state index contributed by atoms with van der Waals surface area (Å²) in [4.78, 5) is 40.7. The molecule has 2 amide bonds. The van der Waals surface area contributed by atoms with E-state index in [0.29, 0.717) is 25.3 Å². The number of amides is 2. The maximum Gasteiger partial charge on any atom is 0.274 e. The maximum atomic E-state index is 12.6. The second kappa shape index (κ2) is 6.25. The lowest BCUT2D eigenvalue weighted by molar-refractivity contribution is -0.154. The van der Waals surface area contributed by atoms with Crippen molar-refractivity contribution in [3.05, 3.63) is 42.5 Å². The summed E-state index contributed by atoms with van der Waals surface area (Å²) in [5, 5.41) is 0. The topological polar surface area (TPSA) is 93.5 Å². The van der Waals surface area contributed by atoms with Gasteiger partial charge in [0.05, 0.1) is 24.9 Å². The zero-order valence-corrected chi connectivity index (χ0v) is 13.8. The number of nitrogens with zero attached hydrogens (tertiary/aromatic N) is 6. The molecule has 0 spiro atoms. The summed E-state index contributed by atoms with van der Waals surface area (Å²) in [6.07, 6.45) is 7.81. The van der Waals surface area contributed by atoms with Crippen LogP contribution < -0.4 is 0 Å². The summed E-state index contributed by atoms with van der Waals surface area (Å²) in [7, 11) is 1.89. The summed E-state index contributed by atoms with van der Waals surface area (Å²) in [6.45, 7) is 1.28. The van der Waals surface area contributed by atoms with E-state index in [0.717, 1.165) is 5.82 Å². The minimum Gasteiger partial charge on any atom is -0.364 e. The second-order valence-corrected chi connectivity index (χ2v) is 6.19. The highest BCUT2D eigenvalue weighted by atomic mass is 16.5. The molecule has 0 bridgehead atoms. The van der Waals surface area contributed by atoms with E-state index in [4.69, 9.17) is 4.74 Å². The number of carbonyl (C=O) groups excluding carboxylic acids is 2. The average Bonchev–Trinajstić information content (AvgIpc) is 3.24. The quantitative estimate of drug-likeness (QED) is 0.744. The molecule has 2 aliphatic heterocycles. The molecule has 130 valence electrons. The summed E-state index contributed by atoms with van der Waals surface area (Å²) < 4.78 is 7.55. The van der Waals surface area contributed by atoms with Crippen LogP contribution in [0.1, 0.15) is 16.3 Å². The summed E-state index contributed by atoms with van der Waals surface area (Å²) in [5.74, 6) is 0.515. The molecule has 2 atom stereocenters. The van der Waals surface area contributed by atoms with Crippen molar-refractivity contribution in [2.24, 2.45) is 7.05 Å². The third kappa shape index (κ3) is 2.86. The minimum absolute atomic E-state index is 0.0266. The summed E-state index contributed by atoms with van der Waals surface area (Å²) in [5.41, 5.74) is 0.295. The third-order valence-corrected chi connectivity index (χ3v) is 4.68. The predicted octanol–water partition coefficient (Wildman–Crippen LogP) is -0.538. The highest BCUT2D eigenvalue weighted by molar-refractivity contribution is 5.92. The largest absolute Gasteiger partial charge is 0.364 e. The Labute approximate surface area is 144 Å². The zero-order chi connectivity index (χ0) is 17.4. The summed E-state index contributed by atoms with van der Waals surface area (Å²) >= 11 is 0. The van der Waals surface area contributed by atoms with Crippen LogP contribution >= 0.6 is 0 Å².